The van der Waals surface area contributed by atoms with E-state index in [1.165, 1.54) is 0 Å². The molecule has 1 atom stereocenters. The van der Waals surface area contributed by atoms with Crippen molar-refractivity contribution < 1.29 is 5.11 Å². The van der Waals surface area contributed by atoms with Gasteiger partial charge in [-0.2, -0.15) is 5.26 Å². The molecule has 4 heteroatoms. The minimum Gasteiger partial charge on any atom is -0.393 e. The lowest BCUT2D eigenvalue weighted by Gasteiger charge is -2.32. The van der Waals surface area contributed by atoms with Crippen LogP contribution in [0.5, 0.6) is 0 Å². The van der Waals surface area contributed by atoms with Crippen LogP contribution in [0.4, 0.5) is 11.4 Å². The van der Waals surface area contributed by atoms with Crippen molar-refractivity contribution in [3.63, 3.8) is 0 Å². The second-order valence-electron chi connectivity index (χ2n) is 5.90. The second kappa shape index (κ2) is 7.33. The second-order valence-corrected chi connectivity index (χ2v) is 5.90. The number of aliphatic hydroxyl groups is 1. The largest absolute Gasteiger partial charge is 0.393 e. The fraction of sp³-hybridized carbons (Fsp3) is 0.588. The molecule has 1 aliphatic heterocycles. The number of hydrogen-bond acceptors (Lipinski definition) is 4. The zero-order valence-corrected chi connectivity index (χ0v) is 13.0. The van der Waals surface area contributed by atoms with Gasteiger partial charge in [-0.1, -0.05) is 13.3 Å². The van der Waals surface area contributed by atoms with E-state index < -0.39 is 0 Å². The number of anilines is 2. The summed E-state index contributed by atoms with van der Waals surface area (Å²) in [6.45, 7) is 5.96. The third kappa shape index (κ3) is 4.12. The summed E-state index contributed by atoms with van der Waals surface area (Å²) in [6, 6.07) is 8.73. The average Bonchev–Trinajstić information content (AvgIpc) is 2.48. The van der Waals surface area contributed by atoms with E-state index in [4.69, 9.17) is 0 Å². The highest BCUT2D eigenvalue weighted by Crippen LogP contribution is 2.27. The maximum atomic E-state index is 9.59. The van der Waals surface area contributed by atoms with Gasteiger partial charge in [-0.3, -0.25) is 0 Å². The highest BCUT2D eigenvalue weighted by atomic mass is 16.3. The first-order valence-electron chi connectivity index (χ1n) is 7.87. The summed E-state index contributed by atoms with van der Waals surface area (Å²) in [6.07, 6.45) is 3.63. The molecule has 0 aliphatic carbocycles. The van der Waals surface area contributed by atoms with E-state index in [2.05, 4.69) is 30.1 Å². The number of benzene rings is 1. The molecule has 1 heterocycles. The number of hydrogen-bond donors (Lipinski definition) is 2. The predicted octanol–water partition coefficient (Wildman–Crippen LogP) is 3.12. The Bertz CT molecular complexity index is 501. The van der Waals surface area contributed by atoms with Gasteiger partial charge >= 0.3 is 0 Å². The van der Waals surface area contributed by atoms with Gasteiger partial charge in [-0.15, -0.1) is 0 Å². The third-order valence-electron chi connectivity index (χ3n) is 4.06. The molecule has 1 unspecified atom stereocenters. The van der Waals surface area contributed by atoms with Crippen molar-refractivity contribution in [3.8, 4) is 6.07 Å². The quantitative estimate of drug-likeness (QED) is 0.873. The number of nitriles is 1. The van der Waals surface area contributed by atoms with Crippen molar-refractivity contribution in [1.29, 1.82) is 5.26 Å². The molecule has 2 rings (SSSR count). The van der Waals surface area contributed by atoms with Gasteiger partial charge in [0.2, 0.25) is 0 Å². The number of nitrogens with zero attached hydrogens (tertiary/aromatic N) is 2. The Kier molecular flexibility index (Phi) is 5.46. The van der Waals surface area contributed by atoms with E-state index in [0.717, 1.165) is 50.1 Å². The molecule has 2 N–H and O–H groups in total. The van der Waals surface area contributed by atoms with Gasteiger partial charge in [-0.25, -0.2) is 0 Å². The minimum absolute atomic E-state index is 0.192. The van der Waals surface area contributed by atoms with Crippen molar-refractivity contribution in [2.75, 3.05) is 23.3 Å². The van der Waals surface area contributed by atoms with E-state index in [-0.39, 0.29) is 6.10 Å². The fourth-order valence-corrected chi connectivity index (χ4v) is 2.89. The Hall–Kier alpha value is -1.73. The Labute approximate surface area is 127 Å². The Balaban J connectivity index is 2.11. The van der Waals surface area contributed by atoms with Crippen LogP contribution in [0.25, 0.3) is 0 Å². The molecular formula is C17H25N3O. The summed E-state index contributed by atoms with van der Waals surface area (Å²) in [5.74, 6) is 0. The van der Waals surface area contributed by atoms with Crippen molar-refractivity contribution in [3.05, 3.63) is 23.8 Å². The molecule has 1 saturated heterocycles. The summed E-state index contributed by atoms with van der Waals surface area (Å²) in [4.78, 5) is 2.20. The maximum absolute atomic E-state index is 9.59. The van der Waals surface area contributed by atoms with Crippen LogP contribution in [0, 0.1) is 11.3 Å². The standard InChI is InChI=1S/C17H25N3O/c1-3-4-13(2)19-15-5-6-17(14(11-15)12-18)20-9-7-16(21)8-10-20/h5-6,11,13,16,19,21H,3-4,7-10H2,1-2H3. The fourth-order valence-electron chi connectivity index (χ4n) is 2.89. The van der Waals surface area contributed by atoms with E-state index >= 15 is 0 Å². The van der Waals surface area contributed by atoms with Crippen LogP contribution in [0.1, 0.15) is 45.1 Å². The summed E-state index contributed by atoms with van der Waals surface area (Å²) in [7, 11) is 0. The summed E-state index contributed by atoms with van der Waals surface area (Å²) >= 11 is 0. The van der Waals surface area contributed by atoms with E-state index in [1.807, 2.05) is 18.2 Å². The van der Waals surface area contributed by atoms with Crippen molar-refractivity contribution in [2.45, 2.75) is 51.7 Å². The molecule has 0 spiro atoms. The third-order valence-corrected chi connectivity index (χ3v) is 4.06. The first-order valence-corrected chi connectivity index (χ1v) is 7.87. The Morgan fingerprint density at radius 3 is 2.76 bits per heavy atom. The lowest BCUT2D eigenvalue weighted by molar-refractivity contribution is 0.145. The predicted molar refractivity (Wildman–Crippen MR) is 86.6 cm³/mol. The van der Waals surface area contributed by atoms with Gasteiger partial charge in [0.1, 0.15) is 6.07 Å². The molecule has 0 aromatic heterocycles. The molecule has 1 aromatic rings. The molecule has 1 aliphatic rings. The van der Waals surface area contributed by atoms with Gasteiger partial charge in [-0.05, 0) is 44.4 Å². The molecule has 1 fully saturated rings. The average molecular weight is 287 g/mol. The number of nitrogens with one attached hydrogen (secondary N) is 1. The first kappa shape index (κ1) is 15.7. The van der Waals surface area contributed by atoms with Crippen molar-refractivity contribution >= 4 is 11.4 Å². The number of piperidine rings is 1. The lowest BCUT2D eigenvalue weighted by Crippen LogP contribution is -2.36. The van der Waals surface area contributed by atoms with Crippen molar-refractivity contribution in [2.24, 2.45) is 0 Å². The molecule has 4 nitrogen and oxygen atoms in total. The van der Waals surface area contributed by atoms with Crippen LogP contribution in [-0.2, 0) is 0 Å². The van der Waals surface area contributed by atoms with E-state index in [1.54, 1.807) is 0 Å². The summed E-state index contributed by atoms with van der Waals surface area (Å²) in [5, 5.41) is 22.4. The van der Waals surface area contributed by atoms with E-state index in [0.29, 0.717) is 11.6 Å². The van der Waals surface area contributed by atoms with Crippen LogP contribution >= 0.6 is 0 Å². The monoisotopic (exact) mass is 287 g/mol. The SMILES string of the molecule is CCCC(C)Nc1ccc(N2CCC(O)CC2)c(C#N)c1. The normalized spacial score (nSPS) is 17.3. The molecule has 1 aromatic carbocycles. The molecule has 21 heavy (non-hydrogen) atoms. The highest BCUT2D eigenvalue weighted by molar-refractivity contribution is 5.65. The smallest absolute Gasteiger partial charge is 0.101 e. The summed E-state index contributed by atoms with van der Waals surface area (Å²) < 4.78 is 0. The molecule has 114 valence electrons. The molecule has 0 saturated carbocycles. The van der Waals surface area contributed by atoms with Crippen LogP contribution in [0.15, 0.2) is 18.2 Å². The van der Waals surface area contributed by atoms with Crippen LogP contribution in [0.3, 0.4) is 0 Å². The Morgan fingerprint density at radius 1 is 1.43 bits per heavy atom. The van der Waals surface area contributed by atoms with Gasteiger partial charge in [0, 0.05) is 24.8 Å². The molecular weight excluding hydrogens is 262 g/mol. The van der Waals surface area contributed by atoms with Gasteiger partial charge < -0.3 is 15.3 Å². The molecule has 0 bridgehead atoms. The molecule has 0 amide bonds. The van der Waals surface area contributed by atoms with E-state index in [9.17, 15) is 10.4 Å². The van der Waals surface area contributed by atoms with Crippen LogP contribution < -0.4 is 10.2 Å². The zero-order chi connectivity index (χ0) is 15.2. The summed E-state index contributed by atoms with van der Waals surface area (Å²) in [5.41, 5.74) is 2.70. The molecule has 0 radical (unpaired) electrons. The topological polar surface area (TPSA) is 59.3 Å². The Morgan fingerprint density at radius 2 is 2.14 bits per heavy atom. The number of aliphatic hydroxyl groups excluding tert-OH is 1. The van der Waals surface area contributed by atoms with Gasteiger partial charge in [0.15, 0.2) is 0 Å². The van der Waals surface area contributed by atoms with Crippen LogP contribution in [0.2, 0.25) is 0 Å². The zero-order valence-electron chi connectivity index (χ0n) is 13.0. The van der Waals surface area contributed by atoms with Crippen LogP contribution in [-0.4, -0.2) is 30.3 Å². The van der Waals surface area contributed by atoms with Gasteiger partial charge in [0.05, 0.1) is 17.4 Å². The minimum atomic E-state index is -0.192. The first-order chi connectivity index (χ1) is 10.1. The van der Waals surface area contributed by atoms with Gasteiger partial charge in [0.25, 0.3) is 0 Å². The maximum Gasteiger partial charge on any atom is 0.101 e. The van der Waals surface area contributed by atoms with Crippen molar-refractivity contribution in [1.82, 2.24) is 0 Å². The number of rotatable bonds is 5. The highest BCUT2D eigenvalue weighted by Gasteiger charge is 2.19. The lowest BCUT2D eigenvalue weighted by atomic mass is 10.0.